The molecule has 0 unspecified atom stereocenters. The van der Waals surface area contributed by atoms with Crippen molar-refractivity contribution >= 4 is 50.0 Å². The highest BCUT2D eigenvalue weighted by atomic mass is 15.2. The Morgan fingerprint density at radius 3 is 2.27 bits per heavy atom. The summed E-state index contributed by atoms with van der Waals surface area (Å²) in [6.07, 6.45) is 6.48. The van der Waals surface area contributed by atoms with E-state index < -0.39 is 0 Å². The number of para-hydroxylation sites is 3. The summed E-state index contributed by atoms with van der Waals surface area (Å²) in [5, 5.41) is 2.48. The minimum absolute atomic E-state index is 0.847. The summed E-state index contributed by atoms with van der Waals surface area (Å²) < 4.78 is 2.35. The van der Waals surface area contributed by atoms with Gasteiger partial charge in [-0.25, -0.2) is 0 Å². The van der Waals surface area contributed by atoms with Crippen molar-refractivity contribution in [2.24, 2.45) is 5.84 Å². The molecule has 40 heavy (non-hydrogen) atoms. The summed E-state index contributed by atoms with van der Waals surface area (Å²) in [7, 11) is 0. The first-order chi connectivity index (χ1) is 19.7. The zero-order valence-corrected chi connectivity index (χ0v) is 22.0. The molecule has 0 spiro atoms. The van der Waals surface area contributed by atoms with E-state index in [-0.39, 0.29) is 0 Å². The van der Waals surface area contributed by atoms with Crippen molar-refractivity contribution < 1.29 is 0 Å². The van der Waals surface area contributed by atoms with Gasteiger partial charge in [0.15, 0.2) is 0 Å². The van der Waals surface area contributed by atoms with Gasteiger partial charge in [-0.1, -0.05) is 79.4 Å². The molecule has 192 valence electrons. The predicted molar refractivity (Wildman–Crippen MR) is 170 cm³/mol. The Bertz CT molecular complexity index is 1960. The summed E-state index contributed by atoms with van der Waals surface area (Å²) >= 11 is 0. The lowest BCUT2D eigenvalue weighted by atomic mass is 9.96. The minimum atomic E-state index is 0.847. The zero-order chi connectivity index (χ0) is 27.1. The lowest BCUT2D eigenvalue weighted by molar-refractivity contribution is 1.18. The Labute approximate surface area is 233 Å². The topological polar surface area (TPSA) is 46.2 Å². The highest BCUT2D eigenvalue weighted by Crippen LogP contribution is 2.39. The van der Waals surface area contributed by atoms with Gasteiger partial charge in [0.25, 0.3) is 0 Å². The van der Waals surface area contributed by atoms with Crippen LogP contribution in [-0.2, 0) is 0 Å². The van der Waals surface area contributed by atoms with Crippen LogP contribution in [0, 0.1) is 0 Å². The number of aromatic nitrogens is 1. The van der Waals surface area contributed by atoms with Gasteiger partial charge in [0, 0.05) is 33.9 Å². The Hall–Kier alpha value is -5.32. The van der Waals surface area contributed by atoms with Crippen molar-refractivity contribution in [2.75, 3.05) is 10.3 Å². The van der Waals surface area contributed by atoms with E-state index in [0.29, 0.717) is 0 Å². The van der Waals surface area contributed by atoms with Crippen molar-refractivity contribution in [3.8, 4) is 5.69 Å². The first kappa shape index (κ1) is 23.8. The van der Waals surface area contributed by atoms with Crippen LogP contribution in [0.1, 0.15) is 11.1 Å². The third-order valence-corrected chi connectivity index (χ3v) is 7.55. The van der Waals surface area contributed by atoms with Gasteiger partial charge < -0.3 is 14.9 Å². The lowest BCUT2D eigenvalue weighted by Gasteiger charge is -2.26. The van der Waals surface area contributed by atoms with Crippen LogP contribution < -0.4 is 16.2 Å². The highest BCUT2D eigenvalue weighted by Gasteiger charge is 2.17. The number of hydrogen-bond donors (Lipinski definition) is 2. The maximum absolute atomic E-state index is 5.73. The van der Waals surface area contributed by atoms with E-state index in [1.54, 1.807) is 0 Å². The monoisotopic (exact) mass is 516 g/mol. The summed E-state index contributed by atoms with van der Waals surface area (Å²) in [5.74, 6) is 5.73. The van der Waals surface area contributed by atoms with E-state index in [4.69, 9.17) is 5.84 Å². The Kier molecular flexibility index (Phi) is 5.81. The molecule has 6 aromatic rings. The molecule has 3 N–H and O–H groups in total. The first-order valence-electron chi connectivity index (χ1n) is 13.3. The van der Waals surface area contributed by atoms with Crippen molar-refractivity contribution in [2.45, 2.75) is 0 Å². The van der Waals surface area contributed by atoms with Crippen LogP contribution in [0.4, 0.5) is 17.1 Å². The molecule has 2 heterocycles. The summed E-state index contributed by atoms with van der Waals surface area (Å²) in [6.45, 7) is 4.48. The van der Waals surface area contributed by atoms with Crippen LogP contribution in [0.3, 0.4) is 0 Å². The van der Waals surface area contributed by atoms with E-state index in [2.05, 4.69) is 143 Å². The second-order valence-electron chi connectivity index (χ2n) is 9.94. The number of nitrogen functional groups attached to an aromatic ring is 1. The van der Waals surface area contributed by atoms with Gasteiger partial charge >= 0.3 is 0 Å². The molecule has 0 aliphatic carbocycles. The fourth-order valence-electron chi connectivity index (χ4n) is 5.66. The number of benzene rings is 5. The number of nitrogens with one attached hydrogen (secondary N) is 1. The van der Waals surface area contributed by atoms with Gasteiger partial charge in [0.05, 0.1) is 22.4 Å². The number of hydrogen-bond acceptors (Lipinski definition) is 3. The van der Waals surface area contributed by atoms with Crippen molar-refractivity contribution in [3.05, 3.63) is 157 Å². The van der Waals surface area contributed by atoms with E-state index in [0.717, 1.165) is 45.0 Å². The number of fused-ring (bicyclic) bond motifs is 4. The average Bonchev–Trinajstić information content (AvgIpc) is 3.34. The van der Waals surface area contributed by atoms with Crippen LogP contribution in [0.5, 0.6) is 0 Å². The van der Waals surface area contributed by atoms with E-state index in [1.807, 2.05) is 18.2 Å². The maximum atomic E-state index is 5.73. The molecule has 1 aromatic heterocycles. The molecule has 0 bridgehead atoms. The molecule has 1 aliphatic rings. The third kappa shape index (κ3) is 3.99. The number of nitrogens with two attached hydrogens (primary N) is 1. The fourth-order valence-corrected chi connectivity index (χ4v) is 5.66. The molecule has 1 aliphatic heterocycles. The molecule has 5 aromatic carbocycles. The van der Waals surface area contributed by atoms with Gasteiger partial charge in [-0.3, -0.25) is 5.84 Å². The summed E-state index contributed by atoms with van der Waals surface area (Å²) in [4.78, 5) is 2.19. The molecular formula is C36H28N4. The Morgan fingerprint density at radius 2 is 1.40 bits per heavy atom. The molecule has 0 fully saturated rings. The van der Waals surface area contributed by atoms with Crippen molar-refractivity contribution in [3.63, 3.8) is 0 Å². The second-order valence-corrected chi connectivity index (χ2v) is 9.94. The maximum Gasteiger partial charge on any atom is 0.0547 e. The molecule has 0 radical (unpaired) electrons. The summed E-state index contributed by atoms with van der Waals surface area (Å²) in [5.41, 5.74) is 13.4. The number of anilines is 3. The van der Waals surface area contributed by atoms with Crippen LogP contribution in [0.15, 0.2) is 146 Å². The molecule has 0 saturated heterocycles. The predicted octanol–water partition coefficient (Wildman–Crippen LogP) is 8.83. The molecule has 7 rings (SSSR count). The number of hydrazine groups is 1. The SMILES string of the molecule is C=C1/C=C(c2ccc3c4ccccc4n(-c4ccccc4)c3c2)\C=C/N(c2cccc(NN)c2)c2ccccc21. The quantitative estimate of drug-likeness (QED) is 0.182. The van der Waals surface area contributed by atoms with Crippen LogP contribution >= 0.6 is 0 Å². The zero-order valence-electron chi connectivity index (χ0n) is 22.0. The molecule has 4 nitrogen and oxygen atoms in total. The second kappa shape index (κ2) is 9.77. The Morgan fingerprint density at radius 1 is 0.650 bits per heavy atom. The normalized spacial score (nSPS) is 15.3. The smallest absolute Gasteiger partial charge is 0.0547 e. The van der Waals surface area contributed by atoms with Gasteiger partial charge in [0.2, 0.25) is 0 Å². The van der Waals surface area contributed by atoms with Crippen LogP contribution in [0.2, 0.25) is 0 Å². The highest BCUT2D eigenvalue weighted by molar-refractivity contribution is 6.10. The number of rotatable bonds is 4. The molecule has 0 atom stereocenters. The van der Waals surface area contributed by atoms with E-state index >= 15 is 0 Å². The fraction of sp³-hybridized carbons (Fsp3) is 0. The van der Waals surface area contributed by atoms with E-state index in [1.165, 1.54) is 21.8 Å². The van der Waals surface area contributed by atoms with Gasteiger partial charge in [0.1, 0.15) is 0 Å². The van der Waals surface area contributed by atoms with Crippen molar-refractivity contribution in [1.82, 2.24) is 4.57 Å². The largest absolute Gasteiger partial charge is 0.324 e. The standard InChI is InChI=1S/C36H28N4/c1-25-22-27(20-21-39(34-16-7-5-14-31(25)34)30-13-9-10-28(24-30)38-37)26-18-19-33-32-15-6-8-17-35(32)40(36(33)23-26)29-11-3-2-4-12-29/h2-24,38H,1,37H2/b21-20-,27-22+. The lowest BCUT2D eigenvalue weighted by Crippen LogP contribution is -2.13. The molecule has 0 amide bonds. The summed E-state index contributed by atoms with van der Waals surface area (Å²) in [6, 6.07) is 42.3. The first-order valence-corrected chi connectivity index (χ1v) is 13.3. The number of nitrogens with zero attached hydrogens (tertiary/aromatic N) is 2. The van der Waals surface area contributed by atoms with Crippen LogP contribution in [0.25, 0.3) is 38.6 Å². The van der Waals surface area contributed by atoms with Gasteiger partial charge in [-0.05, 0) is 77.4 Å². The number of allylic oxidation sites excluding steroid dienone is 4. The third-order valence-electron chi connectivity index (χ3n) is 7.55. The van der Waals surface area contributed by atoms with E-state index in [9.17, 15) is 0 Å². The minimum Gasteiger partial charge on any atom is -0.324 e. The average molecular weight is 517 g/mol. The van der Waals surface area contributed by atoms with Crippen molar-refractivity contribution in [1.29, 1.82) is 0 Å². The molecule has 0 saturated carbocycles. The van der Waals surface area contributed by atoms with Gasteiger partial charge in [-0.2, -0.15) is 0 Å². The van der Waals surface area contributed by atoms with Gasteiger partial charge in [-0.15, -0.1) is 0 Å². The molecular weight excluding hydrogens is 488 g/mol. The molecule has 4 heteroatoms. The Balaban J connectivity index is 1.42. The van der Waals surface area contributed by atoms with Crippen LogP contribution in [-0.4, -0.2) is 4.57 Å².